The minimum Gasteiger partial charge on any atom is -0.465 e. The molecule has 0 aliphatic heterocycles. The molecule has 0 spiro atoms. The van der Waals surface area contributed by atoms with E-state index in [-0.39, 0.29) is 19.6 Å². The number of esters is 2. The summed E-state index contributed by atoms with van der Waals surface area (Å²) in [6.45, 7) is 5.75. The molecule has 118 valence electrons. The van der Waals surface area contributed by atoms with E-state index in [0.717, 1.165) is 0 Å². The predicted octanol–water partition coefficient (Wildman–Crippen LogP) is 1.27. The maximum absolute atomic E-state index is 12.4. The molecule has 0 unspecified atom stereocenters. The molecule has 7 nitrogen and oxygen atoms in total. The first kappa shape index (κ1) is 17.1. The third kappa shape index (κ3) is 4.03. The Bertz CT molecular complexity index is 466. The highest BCUT2D eigenvalue weighted by molar-refractivity contribution is 6.00. The summed E-state index contributed by atoms with van der Waals surface area (Å²) in [7, 11) is 1.73. The molecule has 0 aliphatic carbocycles. The van der Waals surface area contributed by atoms with Crippen LogP contribution < -0.4 is 0 Å². The molecule has 0 N–H and O–H groups in total. The second-order valence-corrected chi connectivity index (χ2v) is 4.83. The lowest BCUT2D eigenvalue weighted by Crippen LogP contribution is -2.44. The van der Waals surface area contributed by atoms with Crippen LogP contribution in [0.15, 0.2) is 6.20 Å². The van der Waals surface area contributed by atoms with Crippen molar-refractivity contribution in [1.82, 2.24) is 15.0 Å². The van der Waals surface area contributed by atoms with Crippen molar-refractivity contribution >= 4 is 11.9 Å². The van der Waals surface area contributed by atoms with Crippen LogP contribution in [0.3, 0.4) is 0 Å². The van der Waals surface area contributed by atoms with Crippen LogP contribution in [0.25, 0.3) is 0 Å². The van der Waals surface area contributed by atoms with Crippen molar-refractivity contribution in [2.45, 2.75) is 40.0 Å². The summed E-state index contributed by atoms with van der Waals surface area (Å²) in [4.78, 5) is 24.8. The zero-order chi connectivity index (χ0) is 15.9. The molecule has 1 aromatic rings. The Morgan fingerprint density at radius 3 is 2.14 bits per heavy atom. The largest absolute Gasteiger partial charge is 0.465 e. The van der Waals surface area contributed by atoms with Gasteiger partial charge in [-0.1, -0.05) is 18.6 Å². The Morgan fingerprint density at radius 2 is 1.76 bits per heavy atom. The molecule has 21 heavy (non-hydrogen) atoms. The van der Waals surface area contributed by atoms with Crippen LogP contribution in [0, 0.1) is 5.41 Å². The summed E-state index contributed by atoms with van der Waals surface area (Å²) in [5.41, 5.74) is -0.788. The van der Waals surface area contributed by atoms with Crippen LogP contribution >= 0.6 is 0 Å². The van der Waals surface area contributed by atoms with Crippen molar-refractivity contribution in [3.8, 4) is 0 Å². The second kappa shape index (κ2) is 7.75. The molecule has 0 radical (unpaired) electrons. The molecular formula is C14H23N3O4. The molecule has 0 amide bonds. The van der Waals surface area contributed by atoms with Gasteiger partial charge in [-0.25, -0.2) is 0 Å². The summed E-state index contributed by atoms with van der Waals surface area (Å²) in [6, 6.07) is 0. The van der Waals surface area contributed by atoms with E-state index in [0.29, 0.717) is 18.5 Å². The maximum Gasteiger partial charge on any atom is 0.323 e. The number of hydrogen-bond acceptors (Lipinski definition) is 6. The molecule has 0 fully saturated rings. The third-order valence-corrected chi connectivity index (χ3v) is 3.14. The number of ether oxygens (including phenoxy) is 2. The summed E-state index contributed by atoms with van der Waals surface area (Å²) in [5, 5.41) is 7.80. The molecule has 0 aromatic carbocycles. The van der Waals surface area contributed by atoms with Gasteiger partial charge >= 0.3 is 11.9 Å². The van der Waals surface area contributed by atoms with Crippen molar-refractivity contribution in [1.29, 1.82) is 0 Å². The molecule has 0 saturated heterocycles. The number of nitrogens with zero attached hydrogens (tertiary/aromatic N) is 3. The van der Waals surface area contributed by atoms with E-state index in [1.807, 2.05) is 6.92 Å². The minimum absolute atomic E-state index is 0.131. The zero-order valence-corrected chi connectivity index (χ0v) is 13.1. The van der Waals surface area contributed by atoms with Crippen LogP contribution in [-0.4, -0.2) is 40.1 Å². The minimum atomic E-state index is -1.35. The fourth-order valence-corrected chi connectivity index (χ4v) is 2.27. The highest BCUT2D eigenvalue weighted by Crippen LogP contribution is 2.32. The highest BCUT2D eigenvalue weighted by atomic mass is 16.6. The first-order chi connectivity index (χ1) is 10.00. The van der Waals surface area contributed by atoms with E-state index in [1.165, 1.54) is 4.68 Å². The third-order valence-electron chi connectivity index (χ3n) is 3.14. The number of hydrogen-bond donors (Lipinski definition) is 0. The topological polar surface area (TPSA) is 83.3 Å². The molecule has 7 heteroatoms. The van der Waals surface area contributed by atoms with Gasteiger partial charge < -0.3 is 9.47 Å². The van der Waals surface area contributed by atoms with E-state index in [1.54, 1.807) is 27.1 Å². The molecule has 0 atom stereocenters. The lowest BCUT2D eigenvalue weighted by atomic mass is 9.79. The second-order valence-electron chi connectivity index (χ2n) is 4.83. The summed E-state index contributed by atoms with van der Waals surface area (Å²) in [5.74, 6) is -1.12. The molecule has 0 aliphatic rings. The Balaban J connectivity index is 3.15. The smallest absolute Gasteiger partial charge is 0.323 e. The standard InChI is InChI=1S/C14H23N3O4/c1-5-8-14(12(18)20-6-2,13(19)21-7-3)9-11-10-17(4)16-15-11/h10H,5-9H2,1-4H3. The van der Waals surface area contributed by atoms with Gasteiger partial charge in [-0.3, -0.25) is 14.3 Å². The van der Waals surface area contributed by atoms with Gasteiger partial charge in [0.25, 0.3) is 0 Å². The van der Waals surface area contributed by atoms with Crippen LogP contribution in [0.4, 0.5) is 0 Å². The molecule has 1 rings (SSSR count). The SMILES string of the molecule is CCCC(Cc1cn(C)nn1)(C(=O)OCC)C(=O)OCC. The Kier molecular flexibility index (Phi) is 6.33. The Labute approximate surface area is 124 Å². The maximum atomic E-state index is 12.4. The fraction of sp³-hybridized carbons (Fsp3) is 0.714. The van der Waals surface area contributed by atoms with Crippen molar-refractivity contribution in [3.63, 3.8) is 0 Å². The first-order valence-corrected chi connectivity index (χ1v) is 7.19. The monoisotopic (exact) mass is 297 g/mol. The normalized spacial score (nSPS) is 11.2. The molecule has 1 aromatic heterocycles. The Morgan fingerprint density at radius 1 is 1.19 bits per heavy atom. The molecule has 0 saturated carbocycles. The van der Waals surface area contributed by atoms with Crippen molar-refractivity contribution in [2.75, 3.05) is 13.2 Å². The number of carbonyl (C=O) groups is 2. The quantitative estimate of drug-likeness (QED) is 0.531. The fourth-order valence-electron chi connectivity index (χ4n) is 2.27. The summed E-state index contributed by atoms with van der Waals surface area (Å²) >= 11 is 0. The van der Waals surface area contributed by atoms with Crippen LogP contribution in [0.1, 0.15) is 39.3 Å². The number of carbonyl (C=O) groups excluding carboxylic acids is 2. The average Bonchev–Trinajstić information content (AvgIpc) is 2.84. The van der Waals surface area contributed by atoms with Gasteiger partial charge in [0.15, 0.2) is 5.41 Å². The molecule has 0 bridgehead atoms. The van der Waals surface area contributed by atoms with Crippen LogP contribution in [-0.2, 0) is 32.5 Å². The predicted molar refractivity (Wildman–Crippen MR) is 75.3 cm³/mol. The van der Waals surface area contributed by atoms with E-state index in [2.05, 4.69) is 10.3 Å². The van der Waals surface area contributed by atoms with Crippen molar-refractivity contribution in [2.24, 2.45) is 12.5 Å². The van der Waals surface area contributed by atoms with Gasteiger partial charge in [0, 0.05) is 19.7 Å². The van der Waals surface area contributed by atoms with Crippen molar-refractivity contribution in [3.05, 3.63) is 11.9 Å². The van der Waals surface area contributed by atoms with E-state index >= 15 is 0 Å². The summed E-state index contributed by atoms with van der Waals surface area (Å²) < 4.78 is 11.8. The van der Waals surface area contributed by atoms with Crippen LogP contribution in [0.5, 0.6) is 0 Å². The van der Waals surface area contributed by atoms with Gasteiger partial charge in [-0.2, -0.15) is 0 Å². The average molecular weight is 297 g/mol. The Hall–Kier alpha value is -1.92. The van der Waals surface area contributed by atoms with Gasteiger partial charge in [0.2, 0.25) is 0 Å². The van der Waals surface area contributed by atoms with E-state index in [4.69, 9.17) is 9.47 Å². The summed E-state index contributed by atoms with van der Waals surface area (Å²) in [6.07, 6.45) is 2.81. The van der Waals surface area contributed by atoms with Gasteiger partial charge in [-0.05, 0) is 20.3 Å². The van der Waals surface area contributed by atoms with Gasteiger partial charge in [0.05, 0.1) is 18.9 Å². The zero-order valence-electron chi connectivity index (χ0n) is 13.1. The van der Waals surface area contributed by atoms with E-state index < -0.39 is 17.4 Å². The lowest BCUT2D eigenvalue weighted by molar-refractivity contribution is -0.172. The number of aromatic nitrogens is 3. The number of rotatable bonds is 8. The first-order valence-electron chi connectivity index (χ1n) is 7.19. The van der Waals surface area contributed by atoms with Crippen molar-refractivity contribution < 1.29 is 19.1 Å². The molecular weight excluding hydrogens is 274 g/mol. The lowest BCUT2D eigenvalue weighted by Gasteiger charge is -2.28. The molecule has 1 heterocycles. The van der Waals surface area contributed by atoms with E-state index in [9.17, 15) is 9.59 Å². The van der Waals surface area contributed by atoms with Crippen LogP contribution in [0.2, 0.25) is 0 Å². The van der Waals surface area contributed by atoms with Gasteiger partial charge in [0.1, 0.15) is 0 Å². The van der Waals surface area contributed by atoms with Gasteiger partial charge in [-0.15, -0.1) is 5.10 Å². The number of aryl methyl sites for hydroxylation is 1. The highest BCUT2D eigenvalue weighted by Gasteiger charge is 2.48.